The van der Waals surface area contributed by atoms with Crippen LogP contribution in [-0.4, -0.2) is 37.5 Å². The lowest BCUT2D eigenvalue weighted by Gasteiger charge is -2.19. The molecule has 2 N–H and O–H groups in total. The van der Waals surface area contributed by atoms with Gasteiger partial charge in [0.25, 0.3) is 0 Å². The Balaban J connectivity index is 3.61. The molecular formula is C14H31NO2. The Morgan fingerprint density at radius 3 is 2.41 bits per heavy atom. The fourth-order valence-corrected chi connectivity index (χ4v) is 1.80. The first kappa shape index (κ1) is 16.9. The van der Waals surface area contributed by atoms with Gasteiger partial charge >= 0.3 is 0 Å². The van der Waals surface area contributed by atoms with Crippen LogP contribution in [0.5, 0.6) is 0 Å². The van der Waals surface area contributed by atoms with Gasteiger partial charge in [-0.3, -0.25) is 0 Å². The number of hydrogen-bond acceptors (Lipinski definition) is 3. The Morgan fingerprint density at radius 1 is 1.12 bits per heavy atom. The van der Waals surface area contributed by atoms with Crippen LogP contribution in [0.3, 0.4) is 0 Å². The van der Waals surface area contributed by atoms with Crippen molar-refractivity contribution in [2.45, 2.75) is 58.9 Å². The molecule has 0 aromatic heterocycles. The van der Waals surface area contributed by atoms with Crippen LogP contribution < -0.4 is 5.32 Å². The summed E-state index contributed by atoms with van der Waals surface area (Å²) in [4.78, 5) is 0. The van der Waals surface area contributed by atoms with Crippen LogP contribution in [0.2, 0.25) is 0 Å². The number of aliphatic hydroxyl groups is 1. The molecule has 0 bridgehead atoms. The highest BCUT2D eigenvalue weighted by atomic mass is 16.5. The van der Waals surface area contributed by atoms with Gasteiger partial charge in [0.2, 0.25) is 0 Å². The zero-order chi connectivity index (χ0) is 12.9. The summed E-state index contributed by atoms with van der Waals surface area (Å²) in [6, 6.07) is 0.0960. The average molecular weight is 245 g/mol. The second kappa shape index (κ2) is 12.3. The van der Waals surface area contributed by atoms with Gasteiger partial charge in [-0.05, 0) is 25.3 Å². The fraction of sp³-hybridized carbons (Fsp3) is 1.00. The molecule has 3 heteroatoms. The molecule has 0 aliphatic carbocycles. The number of unbranched alkanes of at least 4 members (excludes halogenated alkanes) is 1. The minimum Gasteiger partial charge on any atom is -0.395 e. The van der Waals surface area contributed by atoms with Gasteiger partial charge in [-0.2, -0.15) is 0 Å². The molecule has 3 nitrogen and oxygen atoms in total. The van der Waals surface area contributed by atoms with Crippen molar-refractivity contribution in [1.82, 2.24) is 5.32 Å². The quantitative estimate of drug-likeness (QED) is 0.555. The van der Waals surface area contributed by atoms with E-state index in [4.69, 9.17) is 4.74 Å². The third-order valence-electron chi connectivity index (χ3n) is 3.12. The monoisotopic (exact) mass is 245 g/mol. The summed E-state index contributed by atoms with van der Waals surface area (Å²) < 4.78 is 5.71. The smallest absolute Gasteiger partial charge is 0.0642 e. The van der Waals surface area contributed by atoms with Crippen molar-refractivity contribution in [3.05, 3.63) is 0 Å². The van der Waals surface area contributed by atoms with Crippen molar-refractivity contribution < 1.29 is 9.84 Å². The van der Waals surface area contributed by atoms with E-state index < -0.39 is 0 Å². The minimum atomic E-state index is 0.0960. The lowest BCUT2D eigenvalue weighted by atomic mass is 10.0. The summed E-state index contributed by atoms with van der Waals surface area (Å²) in [5.74, 6) is 0.681. The van der Waals surface area contributed by atoms with E-state index in [-0.39, 0.29) is 12.6 Å². The first-order valence-electron chi connectivity index (χ1n) is 7.20. The van der Waals surface area contributed by atoms with E-state index in [1.807, 2.05) is 0 Å². The van der Waals surface area contributed by atoms with Gasteiger partial charge in [0.1, 0.15) is 0 Å². The standard InChI is InChI=1S/C14H31NO2/c1-4-7-8-13(6-3)11-17-12-14(10-16)15-9-5-2/h13-16H,4-12H2,1-3H3. The molecule has 0 rings (SSSR count). The molecule has 0 heterocycles. The lowest BCUT2D eigenvalue weighted by molar-refractivity contribution is 0.0617. The molecule has 0 radical (unpaired) electrons. The Bertz CT molecular complexity index is 137. The largest absolute Gasteiger partial charge is 0.395 e. The van der Waals surface area contributed by atoms with Gasteiger partial charge in [0, 0.05) is 6.61 Å². The van der Waals surface area contributed by atoms with E-state index in [0.29, 0.717) is 12.5 Å². The van der Waals surface area contributed by atoms with Gasteiger partial charge in [0.15, 0.2) is 0 Å². The Morgan fingerprint density at radius 2 is 1.88 bits per heavy atom. The highest BCUT2D eigenvalue weighted by molar-refractivity contribution is 4.64. The number of nitrogens with one attached hydrogen (secondary N) is 1. The topological polar surface area (TPSA) is 41.5 Å². The number of ether oxygens (including phenoxy) is 1. The molecule has 0 saturated heterocycles. The molecule has 0 amide bonds. The van der Waals surface area contributed by atoms with E-state index in [1.54, 1.807) is 0 Å². The van der Waals surface area contributed by atoms with E-state index in [2.05, 4.69) is 26.1 Å². The summed E-state index contributed by atoms with van der Waals surface area (Å²) in [5.41, 5.74) is 0. The fourth-order valence-electron chi connectivity index (χ4n) is 1.80. The minimum absolute atomic E-state index is 0.0960. The molecule has 0 aromatic rings. The first-order chi connectivity index (χ1) is 8.28. The van der Waals surface area contributed by atoms with Crippen LogP contribution in [0.15, 0.2) is 0 Å². The van der Waals surface area contributed by atoms with Crippen molar-refractivity contribution in [3.63, 3.8) is 0 Å². The number of hydrogen-bond donors (Lipinski definition) is 2. The summed E-state index contributed by atoms with van der Waals surface area (Å²) in [6.45, 7) is 9.14. The number of rotatable bonds is 12. The van der Waals surface area contributed by atoms with Gasteiger partial charge in [-0.25, -0.2) is 0 Å². The molecule has 2 atom stereocenters. The zero-order valence-corrected chi connectivity index (χ0v) is 11.9. The molecule has 0 spiro atoms. The van der Waals surface area contributed by atoms with E-state index in [1.165, 1.54) is 25.7 Å². The van der Waals surface area contributed by atoms with Gasteiger partial charge < -0.3 is 15.2 Å². The Labute approximate surface area is 107 Å². The maximum absolute atomic E-state index is 9.17. The number of aliphatic hydroxyl groups excluding tert-OH is 1. The van der Waals surface area contributed by atoms with Gasteiger partial charge in [-0.15, -0.1) is 0 Å². The highest BCUT2D eigenvalue weighted by Crippen LogP contribution is 2.12. The van der Waals surface area contributed by atoms with Crippen LogP contribution in [0.1, 0.15) is 52.9 Å². The maximum Gasteiger partial charge on any atom is 0.0642 e. The second-order valence-corrected chi connectivity index (χ2v) is 4.79. The van der Waals surface area contributed by atoms with Crippen molar-refractivity contribution in [2.24, 2.45) is 5.92 Å². The third-order valence-corrected chi connectivity index (χ3v) is 3.12. The van der Waals surface area contributed by atoms with Crippen LogP contribution in [0.4, 0.5) is 0 Å². The Kier molecular flexibility index (Phi) is 12.3. The normalized spacial score (nSPS) is 14.8. The van der Waals surface area contributed by atoms with E-state index in [0.717, 1.165) is 19.6 Å². The van der Waals surface area contributed by atoms with Gasteiger partial charge in [-0.1, -0.05) is 40.0 Å². The maximum atomic E-state index is 9.17. The molecule has 0 aliphatic heterocycles. The van der Waals surface area contributed by atoms with Crippen molar-refractivity contribution in [1.29, 1.82) is 0 Å². The molecular weight excluding hydrogens is 214 g/mol. The van der Waals surface area contributed by atoms with Crippen molar-refractivity contribution in [3.8, 4) is 0 Å². The van der Waals surface area contributed by atoms with Crippen molar-refractivity contribution in [2.75, 3.05) is 26.4 Å². The zero-order valence-electron chi connectivity index (χ0n) is 11.9. The van der Waals surface area contributed by atoms with Crippen molar-refractivity contribution >= 4 is 0 Å². The van der Waals surface area contributed by atoms with Crippen LogP contribution in [0.25, 0.3) is 0 Å². The molecule has 0 saturated carbocycles. The summed E-state index contributed by atoms with van der Waals surface area (Å²) in [6.07, 6.45) is 6.09. The van der Waals surface area contributed by atoms with E-state index >= 15 is 0 Å². The molecule has 0 fully saturated rings. The van der Waals surface area contributed by atoms with Crippen LogP contribution in [0, 0.1) is 5.92 Å². The predicted octanol–water partition coefficient (Wildman–Crippen LogP) is 2.58. The molecule has 104 valence electrons. The summed E-state index contributed by atoms with van der Waals surface area (Å²) in [5, 5.41) is 12.5. The summed E-state index contributed by atoms with van der Waals surface area (Å²) in [7, 11) is 0. The molecule has 0 aromatic carbocycles. The highest BCUT2D eigenvalue weighted by Gasteiger charge is 2.09. The first-order valence-corrected chi connectivity index (χ1v) is 7.20. The predicted molar refractivity (Wildman–Crippen MR) is 73.3 cm³/mol. The molecule has 2 unspecified atom stereocenters. The molecule has 17 heavy (non-hydrogen) atoms. The average Bonchev–Trinajstić information content (AvgIpc) is 2.37. The SMILES string of the molecule is CCCCC(CC)COCC(CO)NCCC. The second-order valence-electron chi connectivity index (χ2n) is 4.79. The third kappa shape index (κ3) is 9.57. The van der Waals surface area contributed by atoms with Crippen LogP contribution in [-0.2, 0) is 4.74 Å². The van der Waals surface area contributed by atoms with E-state index in [9.17, 15) is 5.11 Å². The van der Waals surface area contributed by atoms with Gasteiger partial charge in [0.05, 0.1) is 19.3 Å². The lowest BCUT2D eigenvalue weighted by Crippen LogP contribution is -2.37. The molecule has 0 aliphatic rings. The Hall–Kier alpha value is -0.120. The van der Waals surface area contributed by atoms with Crippen LogP contribution >= 0.6 is 0 Å². The summed E-state index contributed by atoms with van der Waals surface area (Å²) >= 11 is 0.